The van der Waals surface area contributed by atoms with Gasteiger partial charge in [-0.25, -0.2) is 0 Å². The molecule has 0 spiro atoms. The van der Waals surface area contributed by atoms with Gasteiger partial charge in [0.05, 0.1) is 0 Å². The van der Waals surface area contributed by atoms with Crippen LogP contribution in [0.25, 0.3) is 0 Å². The topological polar surface area (TPSA) is 38.3 Å². The van der Waals surface area contributed by atoms with Crippen molar-refractivity contribution >= 4 is 28.1 Å². The third-order valence-electron chi connectivity index (χ3n) is 3.00. The number of hydrogen-bond acceptors (Lipinski definition) is 3. The van der Waals surface area contributed by atoms with Crippen LogP contribution >= 0.6 is 11.6 Å². The van der Waals surface area contributed by atoms with Gasteiger partial charge in [-0.15, -0.1) is 0 Å². The minimum atomic E-state index is -0.874. The Morgan fingerprint density at radius 1 is 1.44 bits per heavy atom. The lowest BCUT2D eigenvalue weighted by Gasteiger charge is -2.24. The van der Waals surface area contributed by atoms with E-state index in [2.05, 4.69) is 5.32 Å². The molecule has 1 aromatic carbocycles. The van der Waals surface area contributed by atoms with Crippen LogP contribution in [0.1, 0.15) is 18.4 Å². The van der Waals surface area contributed by atoms with Crippen LogP contribution in [0.15, 0.2) is 18.2 Å². The molecule has 0 unspecified atom stereocenters. The van der Waals surface area contributed by atoms with Gasteiger partial charge in [0.15, 0.2) is 0 Å². The van der Waals surface area contributed by atoms with Crippen molar-refractivity contribution in [2.45, 2.75) is 24.6 Å². The second-order valence-corrected chi connectivity index (χ2v) is 6.40. The highest BCUT2D eigenvalue weighted by Gasteiger charge is 2.14. The van der Waals surface area contributed by atoms with Gasteiger partial charge in [0.1, 0.15) is 0 Å². The molecule has 3 nitrogen and oxygen atoms in total. The van der Waals surface area contributed by atoms with Crippen molar-refractivity contribution in [1.29, 1.82) is 0 Å². The summed E-state index contributed by atoms with van der Waals surface area (Å²) in [5, 5.41) is 4.17. The van der Waals surface area contributed by atoms with Crippen LogP contribution < -0.4 is 5.32 Å². The Kier molecular flexibility index (Phi) is 5.03. The van der Waals surface area contributed by atoms with Crippen LogP contribution in [0.4, 0.5) is 5.69 Å². The lowest BCUT2D eigenvalue weighted by atomic mass is 10.1. The first-order valence-corrected chi connectivity index (χ1v) is 8.18. The molecular formula is C13H18ClNO2S. The van der Waals surface area contributed by atoms with Crippen molar-refractivity contribution < 1.29 is 8.95 Å². The smallest absolute Gasteiger partial charge is 0.0498 e. The van der Waals surface area contributed by atoms with Crippen LogP contribution in [-0.2, 0) is 21.3 Å². The van der Waals surface area contributed by atoms with Crippen molar-refractivity contribution in [3.05, 3.63) is 28.8 Å². The number of nitrogens with one attached hydrogen (secondary N) is 1. The van der Waals surface area contributed by atoms with E-state index in [0.29, 0.717) is 16.8 Å². The lowest BCUT2D eigenvalue weighted by molar-refractivity contribution is 0.0904. The summed E-state index contributed by atoms with van der Waals surface area (Å²) in [6.45, 7) is 1.63. The average molecular weight is 288 g/mol. The van der Waals surface area contributed by atoms with Gasteiger partial charge >= 0.3 is 0 Å². The maximum absolute atomic E-state index is 11.3. The monoisotopic (exact) mass is 287 g/mol. The zero-order valence-electron chi connectivity index (χ0n) is 10.4. The van der Waals surface area contributed by atoms with E-state index in [1.54, 1.807) is 6.26 Å². The van der Waals surface area contributed by atoms with Gasteiger partial charge in [-0.1, -0.05) is 11.6 Å². The molecule has 5 heteroatoms. The number of rotatable bonds is 4. The number of benzene rings is 1. The molecule has 0 aliphatic carbocycles. The molecule has 1 heterocycles. The third kappa shape index (κ3) is 3.97. The summed E-state index contributed by atoms with van der Waals surface area (Å²) in [5.74, 6) is 0.502. The van der Waals surface area contributed by atoms with E-state index >= 15 is 0 Å². The molecule has 1 aromatic rings. The SMILES string of the molecule is C[S@@](=O)Cc1cc(NC2CCOCC2)ccc1Cl. The number of halogens is 1. The third-order valence-corrected chi connectivity index (χ3v) is 4.08. The molecule has 2 rings (SSSR count). The van der Waals surface area contributed by atoms with E-state index < -0.39 is 10.8 Å². The van der Waals surface area contributed by atoms with E-state index in [9.17, 15) is 4.21 Å². The van der Waals surface area contributed by atoms with Crippen LogP contribution in [0.5, 0.6) is 0 Å². The molecule has 1 aliphatic rings. The molecule has 0 saturated carbocycles. The summed E-state index contributed by atoms with van der Waals surface area (Å²) >= 11 is 6.10. The molecule has 18 heavy (non-hydrogen) atoms. The fraction of sp³-hybridized carbons (Fsp3) is 0.538. The lowest BCUT2D eigenvalue weighted by Crippen LogP contribution is -2.27. The van der Waals surface area contributed by atoms with Gasteiger partial charge in [-0.2, -0.15) is 0 Å². The van der Waals surface area contributed by atoms with Gasteiger partial charge in [-0.3, -0.25) is 4.21 Å². The molecule has 0 bridgehead atoms. The number of ether oxygens (including phenoxy) is 1. The first-order chi connectivity index (χ1) is 8.65. The predicted octanol–water partition coefficient (Wildman–Crippen LogP) is 2.81. The molecule has 1 N–H and O–H groups in total. The standard InChI is InChI=1S/C13H18ClNO2S/c1-18(16)9-10-8-12(2-3-13(10)14)15-11-4-6-17-7-5-11/h2-3,8,11,15H,4-7,9H2,1H3/t18-/m1/s1. The predicted molar refractivity (Wildman–Crippen MR) is 76.7 cm³/mol. The fourth-order valence-corrected chi connectivity index (χ4v) is 3.01. The maximum atomic E-state index is 11.3. The van der Waals surface area contributed by atoms with Gasteiger partial charge in [-0.05, 0) is 36.6 Å². The quantitative estimate of drug-likeness (QED) is 0.925. The Hall–Kier alpha value is -0.580. The fourth-order valence-electron chi connectivity index (χ4n) is 2.07. The van der Waals surface area contributed by atoms with Crippen LogP contribution in [0, 0.1) is 0 Å². The highest BCUT2D eigenvalue weighted by Crippen LogP contribution is 2.23. The second-order valence-electron chi connectivity index (χ2n) is 4.55. The van der Waals surface area contributed by atoms with Gasteiger partial charge < -0.3 is 10.1 Å². The van der Waals surface area contributed by atoms with Crippen LogP contribution in [-0.4, -0.2) is 29.7 Å². The summed E-state index contributed by atoms with van der Waals surface area (Å²) in [5.41, 5.74) is 1.99. The Morgan fingerprint density at radius 2 is 2.17 bits per heavy atom. The average Bonchev–Trinajstić information content (AvgIpc) is 2.34. The summed E-state index contributed by atoms with van der Waals surface area (Å²) < 4.78 is 16.6. The van der Waals surface area contributed by atoms with E-state index in [1.165, 1.54) is 0 Å². The molecule has 0 amide bonds. The number of anilines is 1. The van der Waals surface area contributed by atoms with Gasteiger partial charge in [0, 0.05) is 52.8 Å². The zero-order chi connectivity index (χ0) is 13.0. The minimum absolute atomic E-state index is 0.458. The Balaban J connectivity index is 2.05. The van der Waals surface area contributed by atoms with Crippen molar-refractivity contribution in [3.63, 3.8) is 0 Å². The van der Waals surface area contributed by atoms with Crippen molar-refractivity contribution in [1.82, 2.24) is 0 Å². The highest BCUT2D eigenvalue weighted by molar-refractivity contribution is 7.83. The molecule has 0 aromatic heterocycles. The summed E-state index contributed by atoms with van der Waals surface area (Å²) in [6.07, 6.45) is 3.74. The molecule has 1 saturated heterocycles. The molecule has 1 fully saturated rings. The molecule has 1 aliphatic heterocycles. The second kappa shape index (κ2) is 6.55. The Labute approximate surface area is 115 Å². The Bertz CT molecular complexity index is 433. The van der Waals surface area contributed by atoms with Crippen molar-refractivity contribution in [3.8, 4) is 0 Å². The molecule has 1 atom stereocenters. The van der Waals surface area contributed by atoms with Crippen LogP contribution in [0.3, 0.4) is 0 Å². The van der Waals surface area contributed by atoms with Crippen LogP contribution in [0.2, 0.25) is 5.02 Å². The largest absolute Gasteiger partial charge is 0.382 e. The van der Waals surface area contributed by atoms with E-state index in [1.807, 2.05) is 18.2 Å². The highest BCUT2D eigenvalue weighted by atomic mass is 35.5. The van der Waals surface area contributed by atoms with Crippen molar-refractivity contribution in [2.24, 2.45) is 0 Å². The normalized spacial score (nSPS) is 18.6. The van der Waals surface area contributed by atoms with E-state index in [0.717, 1.165) is 37.3 Å². The van der Waals surface area contributed by atoms with Crippen molar-refractivity contribution in [2.75, 3.05) is 24.8 Å². The first kappa shape index (κ1) is 13.8. The van der Waals surface area contributed by atoms with Gasteiger partial charge in [0.2, 0.25) is 0 Å². The molecular weight excluding hydrogens is 270 g/mol. The van der Waals surface area contributed by atoms with Gasteiger partial charge in [0.25, 0.3) is 0 Å². The molecule has 100 valence electrons. The minimum Gasteiger partial charge on any atom is -0.382 e. The summed E-state index contributed by atoms with van der Waals surface area (Å²) in [6, 6.07) is 6.30. The Morgan fingerprint density at radius 3 is 2.83 bits per heavy atom. The summed E-state index contributed by atoms with van der Waals surface area (Å²) in [4.78, 5) is 0. The zero-order valence-corrected chi connectivity index (χ0v) is 12.0. The molecule has 0 radical (unpaired) electrons. The van der Waals surface area contributed by atoms with E-state index in [-0.39, 0.29) is 0 Å². The number of hydrogen-bond donors (Lipinski definition) is 1. The first-order valence-electron chi connectivity index (χ1n) is 6.08. The summed E-state index contributed by atoms with van der Waals surface area (Å²) in [7, 11) is -0.874. The maximum Gasteiger partial charge on any atom is 0.0498 e. The van der Waals surface area contributed by atoms with E-state index in [4.69, 9.17) is 16.3 Å².